The van der Waals surface area contributed by atoms with Gasteiger partial charge in [-0.1, -0.05) is 103 Å². The molecule has 0 saturated heterocycles. The third kappa shape index (κ3) is 4.07. The lowest BCUT2D eigenvalue weighted by Crippen LogP contribution is -2.06. The maximum atomic E-state index is 6.49. The van der Waals surface area contributed by atoms with Gasteiger partial charge < -0.3 is 9.30 Å². The molecule has 0 amide bonds. The highest BCUT2D eigenvalue weighted by Crippen LogP contribution is 2.47. The van der Waals surface area contributed by atoms with Gasteiger partial charge in [0.25, 0.3) is 0 Å². The Morgan fingerprint density at radius 2 is 1.08 bits per heavy atom. The Hall–Kier alpha value is -7.24. The largest absolute Gasteiger partial charge is 0.456 e. The van der Waals surface area contributed by atoms with Crippen LogP contribution in [0.1, 0.15) is 0 Å². The zero-order valence-electron chi connectivity index (χ0n) is 28.4. The maximum absolute atomic E-state index is 6.49. The number of hydrogen-bond acceptors (Lipinski definition) is 3. The Kier molecular flexibility index (Phi) is 5.71. The first-order valence-electron chi connectivity index (χ1n) is 17.9. The molecule has 0 aliphatic carbocycles. The average Bonchev–Trinajstić information content (AvgIpc) is 3.73. The Bertz CT molecular complexity index is 3320. The SMILES string of the molecule is c1ccc(-n2c3ccccc3c3cc(-c4ccc5c6ccccc6n(-c6nc7c8c(cccc8n6)Oc6cc8ccccc8cc6-7)c5c4)ccc32)cc1. The number of fused-ring (bicyclic) bond motifs is 9. The fourth-order valence-electron chi connectivity index (χ4n) is 8.50. The Morgan fingerprint density at radius 1 is 0.415 bits per heavy atom. The number of rotatable bonds is 3. The Labute approximate surface area is 303 Å². The van der Waals surface area contributed by atoms with E-state index in [-0.39, 0.29) is 0 Å². The summed E-state index contributed by atoms with van der Waals surface area (Å²) < 4.78 is 11.1. The molecule has 11 aromatic rings. The minimum absolute atomic E-state index is 0.635. The summed E-state index contributed by atoms with van der Waals surface area (Å²) in [6.07, 6.45) is 0. The van der Waals surface area contributed by atoms with Crippen LogP contribution in [0.5, 0.6) is 11.5 Å². The molecule has 0 bridgehead atoms. The van der Waals surface area contributed by atoms with Crippen LogP contribution in [-0.4, -0.2) is 19.1 Å². The van der Waals surface area contributed by atoms with E-state index in [4.69, 9.17) is 14.7 Å². The quantitative estimate of drug-likeness (QED) is 0.187. The highest BCUT2D eigenvalue weighted by atomic mass is 16.5. The van der Waals surface area contributed by atoms with Gasteiger partial charge in [-0.2, -0.15) is 0 Å². The first-order chi connectivity index (χ1) is 26.3. The molecule has 246 valence electrons. The highest BCUT2D eigenvalue weighted by Gasteiger charge is 2.25. The maximum Gasteiger partial charge on any atom is 0.235 e. The van der Waals surface area contributed by atoms with Crippen molar-refractivity contribution in [1.82, 2.24) is 19.1 Å². The molecule has 0 radical (unpaired) electrons. The van der Waals surface area contributed by atoms with E-state index in [1.54, 1.807) is 0 Å². The van der Waals surface area contributed by atoms with Crippen molar-refractivity contribution in [1.29, 1.82) is 0 Å². The van der Waals surface area contributed by atoms with Gasteiger partial charge in [-0.3, -0.25) is 4.57 Å². The van der Waals surface area contributed by atoms with Crippen LogP contribution in [0.15, 0.2) is 170 Å². The van der Waals surface area contributed by atoms with Crippen molar-refractivity contribution in [3.8, 4) is 45.5 Å². The summed E-state index contributed by atoms with van der Waals surface area (Å²) in [5.74, 6) is 2.22. The summed E-state index contributed by atoms with van der Waals surface area (Å²) in [7, 11) is 0. The minimum atomic E-state index is 0.635. The molecule has 53 heavy (non-hydrogen) atoms. The van der Waals surface area contributed by atoms with Crippen molar-refractivity contribution in [2.24, 2.45) is 0 Å². The van der Waals surface area contributed by atoms with Crippen molar-refractivity contribution in [3.05, 3.63) is 170 Å². The lowest BCUT2D eigenvalue weighted by atomic mass is 9.98. The molecular weight excluding hydrogens is 649 g/mol. The number of hydrogen-bond donors (Lipinski definition) is 0. The van der Waals surface area contributed by atoms with Crippen molar-refractivity contribution >= 4 is 65.3 Å². The van der Waals surface area contributed by atoms with E-state index in [0.29, 0.717) is 5.95 Å². The number of nitrogens with zero attached hydrogens (tertiary/aromatic N) is 4. The lowest BCUT2D eigenvalue weighted by Gasteiger charge is -2.21. The van der Waals surface area contributed by atoms with Crippen molar-refractivity contribution in [2.75, 3.05) is 0 Å². The first-order valence-corrected chi connectivity index (χ1v) is 17.9. The van der Waals surface area contributed by atoms with Gasteiger partial charge in [0.2, 0.25) is 5.95 Å². The van der Waals surface area contributed by atoms with E-state index in [0.717, 1.165) is 83.1 Å². The molecule has 5 heteroatoms. The van der Waals surface area contributed by atoms with E-state index in [1.807, 2.05) is 12.1 Å². The normalized spacial score (nSPS) is 12.3. The van der Waals surface area contributed by atoms with Crippen LogP contribution in [0, 0.1) is 0 Å². The van der Waals surface area contributed by atoms with Gasteiger partial charge in [0.1, 0.15) is 11.5 Å². The summed E-state index contributed by atoms with van der Waals surface area (Å²) in [5.41, 5.74) is 10.7. The van der Waals surface area contributed by atoms with E-state index in [2.05, 4.69) is 167 Å². The van der Waals surface area contributed by atoms with Crippen LogP contribution in [0.2, 0.25) is 0 Å². The van der Waals surface area contributed by atoms with Crippen LogP contribution in [-0.2, 0) is 0 Å². The fourth-order valence-corrected chi connectivity index (χ4v) is 8.50. The summed E-state index contributed by atoms with van der Waals surface area (Å²) >= 11 is 0. The molecule has 0 saturated carbocycles. The summed E-state index contributed by atoms with van der Waals surface area (Å²) in [6.45, 7) is 0. The Morgan fingerprint density at radius 3 is 1.92 bits per heavy atom. The molecule has 3 aromatic heterocycles. The third-order valence-electron chi connectivity index (χ3n) is 10.9. The second kappa shape index (κ2) is 10.6. The molecule has 12 rings (SSSR count). The second-order valence-electron chi connectivity index (χ2n) is 13.8. The third-order valence-corrected chi connectivity index (χ3v) is 10.9. The second-order valence-corrected chi connectivity index (χ2v) is 13.8. The molecule has 0 N–H and O–H groups in total. The van der Waals surface area contributed by atoms with Crippen molar-refractivity contribution in [3.63, 3.8) is 0 Å². The van der Waals surface area contributed by atoms with E-state index < -0.39 is 0 Å². The molecule has 4 heterocycles. The van der Waals surface area contributed by atoms with Crippen molar-refractivity contribution in [2.45, 2.75) is 0 Å². The van der Waals surface area contributed by atoms with E-state index in [1.165, 1.54) is 21.8 Å². The standard InChI is InChI=1S/C48H28N4O/c1-2-13-33(14-3-1)51-40-18-8-7-16-35(40)37-25-31(22-24-42(37)51)32-21-23-36-34-15-6-9-19-41(34)52(43(36)27-32)48-49-39-17-10-20-44-46(39)47(50-48)38-26-29-11-4-5-12-30(29)28-45(38)53-44/h1-28H. The first kappa shape index (κ1) is 28.5. The number of benzene rings is 8. The summed E-state index contributed by atoms with van der Waals surface area (Å²) in [5, 5.41) is 8.00. The van der Waals surface area contributed by atoms with Gasteiger partial charge in [0.05, 0.1) is 38.7 Å². The van der Waals surface area contributed by atoms with Gasteiger partial charge >= 0.3 is 0 Å². The molecule has 0 fully saturated rings. The van der Waals surface area contributed by atoms with Gasteiger partial charge in [-0.25, -0.2) is 9.97 Å². The molecular formula is C48H28N4O. The fraction of sp³-hybridized carbons (Fsp3) is 0. The number of para-hydroxylation sites is 3. The van der Waals surface area contributed by atoms with Crippen LogP contribution in [0.4, 0.5) is 0 Å². The number of aromatic nitrogens is 4. The molecule has 0 unspecified atom stereocenters. The molecule has 8 aromatic carbocycles. The van der Waals surface area contributed by atoms with E-state index >= 15 is 0 Å². The predicted octanol–water partition coefficient (Wildman–Crippen LogP) is 12.4. The lowest BCUT2D eigenvalue weighted by molar-refractivity contribution is 0.487. The minimum Gasteiger partial charge on any atom is -0.456 e. The van der Waals surface area contributed by atoms with Gasteiger partial charge in [-0.15, -0.1) is 0 Å². The topological polar surface area (TPSA) is 44.9 Å². The molecule has 0 atom stereocenters. The van der Waals surface area contributed by atoms with Gasteiger partial charge in [0, 0.05) is 32.8 Å². The van der Waals surface area contributed by atoms with Crippen molar-refractivity contribution < 1.29 is 4.74 Å². The molecule has 0 spiro atoms. The smallest absolute Gasteiger partial charge is 0.235 e. The molecule has 1 aliphatic rings. The summed E-state index contributed by atoms with van der Waals surface area (Å²) in [6, 6.07) is 60.2. The monoisotopic (exact) mass is 676 g/mol. The van der Waals surface area contributed by atoms with Crippen LogP contribution < -0.4 is 4.74 Å². The Balaban J connectivity index is 1.10. The predicted molar refractivity (Wildman–Crippen MR) is 217 cm³/mol. The van der Waals surface area contributed by atoms with E-state index in [9.17, 15) is 0 Å². The average molecular weight is 677 g/mol. The summed E-state index contributed by atoms with van der Waals surface area (Å²) in [4.78, 5) is 10.6. The highest BCUT2D eigenvalue weighted by molar-refractivity contribution is 6.13. The number of ether oxygens (including phenoxy) is 1. The molecule has 1 aliphatic heterocycles. The molecule has 5 nitrogen and oxygen atoms in total. The van der Waals surface area contributed by atoms with Crippen LogP contribution >= 0.6 is 0 Å². The van der Waals surface area contributed by atoms with Crippen LogP contribution in [0.25, 0.3) is 99.3 Å². The van der Waals surface area contributed by atoms with Crippen LogP contribution in [0.3, 0.4) is 0 Å². The zero-order chi connectivity index (χ0) is 34.6. The zero-order valence-corrected chi connectivity index (χ0v) is 28.4. The van der Waals surface area contributed by atoms with Gasteiger partial charge in [-0.05, 0) is 88.6 Å². The van der Waals surface area contributed by atoms with Gasteiger partial charge in [0.15, 0.2) is 0 Å².